The smallest absolute Gasteiger partial charge is 0.0217 e. The minimum atomic E-state index is 0.784. The van der Waals surface area contributed by atoms with Gasteiger partial charge in [0.15, 0.2) is 0 Å². The van der Waals surface area contributed by atoms with Crippen molar-refractivity contribution in [3.63, 3.8) is 0 Å². The zero-order valence-corrected chi connectivity index (χ0v) is 10.7. The summed E-state index contributed by atoms with van der Waals surface area (Å²) in [5, 5.41) is 3.63. The van der Waals surface area contributed by atoms with Crippen LogP contribution >= 0.6 is 0 Å². The van der Waals surface area contributed by atoms with Gasteiger partial charge in [-0.1, -0.05) is 18.1 Å². The Morgan fingerprint density at radius 3 is 3.06 bits per heavy atom. The fraction of sp³-hybridized carbons (Fsp3) is 0.857. The number of nitrogens with one attached hydrogen (secondary N) is 1. The zero-order chi connectivity index (χ0) is 11.2. The maximum Gasteiger partial charge on any atom is 0.0217 e. The lowest BCUT2D eigenvalue weighted by molar-refractivity contribution is 0.182. The summed E-state index contributed by atoms with van der Waals surface area (Å²) in [7, 11) is 2.27. The first-order valence-corrected chi connectivity index (χ1v) is 6.95. The number of rotatable bonds is 5. The highest BCUT2D eigenvalue weighted by atomic mass is 15.2. The van der Waals surface area contributed by atoms with Crippen LogP contribution < -0.4 is 5.32 Å². The van der Waals surface area contributed by atoms with Gasteiger partial charge >= 0.3 is 0 Å². The van der Waals surface area contributed by atoms with Gasteiger partial charge in [0.1, 0.15) is 0 Å². The maximum absolute atomic E-state index is 3.63. The summed E-state index contributed by atoms with van der Waals surface area (Å²) in [5.41, 5.74) is 1.68. The van der Waals surface area contributed by atoms with Crippen LogP contribution in [0.2, 0.25) is 0 Å². The molecule has 0 bridgehead atoms. The van der Waals surface area contributed by atoms with E-state index in [9.17, 15) is 0 Å². The molecular weight excluding hydrogens is 196 g/mol. The van der Waals surface area contributed by atoms with Gasteiger partial charge in [0.25, 0.3) is 0 Å². The third kappa shape index (κ3) is 3.60. The topological polar surface area (TPSA) is 15.3 Å². The molecule has 16 heavy (non-hydrogen) atoms. The van der Waals surface area contributed by atoms with Gasteiger partial charge in [-0.3, -0.25) is 0 Å². The molecule has 1 N–H and O–H groups in total. The van der Waals surface area contributed by atoms with E-state index in [0.717, 1.165) is 6.04 Å². The summed E-state index contributed by atoms with van der Waals surface area (Å²) < 4.78 is 0. The molecule has 0 amide bonds. The van der Waals surface area contributed by atoms with Crippen LogP contribution in [0.4, 0.5) is 0 Å². The van der Waals surface area contributed by atoms with Crippen molar-refractivity contribution >= 4 is 0 Å². The van der Waals surface area contributed by atoms with Crippen molar-refractivity contribution < 1.29 is 0 Å². The molecule has 0 radical (unpaired) electrons. The van der Waals surface area contributed by atoms with Crippen molar-refractivity contribution in [1.82, 2.24) is 10.2 Å². The highest BCUT2D eigenvalue weighted by Gasteiger charge is 2.17. The van der Waals surface area contributed by atoms with Crippen molar-refractivity contribution in [2.75, 3.05) is 26.7 Å². The van der Waals surface area contributed by atoms with Crippen LogP contribution in [-0.2, 0) is 0 Å². The van der Waals surface area contributed by atoms with Crippen molar-refractivity contribution in [3.8, 4) is 0 Å². The number of nitrogens with zero attached hydrogens (tertiary/aromatic N) is 1. The molecule has 92 valence electrons. The zero-order valence-electron chi connectivity index (χ0n) is 10.7. The van der Waals surface area contributed by atoms with E-state index in [1.165, 1.54) is 64.6 Å². The average Bonchev–Trinajstić information content (AvgIpc) is 2.79. The highest BCUT2D eigenvalue weighted by molar-refractivity contribution is 5.07. The van der Waals surface area contributed by atoms with Gasteiger partial charge in [-0.2, -0.15) is 0 Å². The molecule has 2 nitrogen and oxygen atoms in total. The third-order valence-corrected chi connectivity index (χ3v) is 4.06. The molecule has 0 saturated carbocycles. The molecule has 1 saturated heterocycles. The number of hydrogen-bond acceptors (Lipinski definition) is 2. The fourth-order valence-corrected chi connectivity index (χ4v) is 2.88. The average molecular weight is 222 g/mol. The fourth-order valence-electron chi connectivity index (χ4n) is 2.88. The van der Waals surface area contributed by atoms with Crippen LogP contribution in [0.1, 0.15) is 44.9 Å². The van der Waals surface area contributed by atoms with Crippen molar-refractivity contribution in [1.29, 1.82) is 0 Å². The molecule has 1 unspecified atom stereocenters. The van der Waals surface area contributed by atoms with E-state index in [1.54, 1.807) is 5.57 Å². The second kappa shape index (κ2) is 6.41. The summed E-state index contributed by atoms with van der Waals surface area (Å²) in [6.45, 7) is 3.65. The van der Waals surface area contributed by atoms with Crippen LogP contribution in [0.3, 0.4) is 0 Å². The molecule has 1 heterocycles. The number of allylic oxidation sites excluding steroid dienone is 1. The van der Waals surface area contributed by atoms with Gasteiger partial charge in [-0.25, -0.2) is 0 Å². The van der Waals surface area contributed by atoms with Crippen LogP contribution in [0.5, 0.6) is 0 Å². The lowest BCUT2D eigenvalue weighted by Gasteiger charge is -2.32. The van der Waals surface area contributed by atoms with Crippen molar-refractivity contribution in [2.45, 2.75) is 51.0 Å². The van der Waals surface area contributed by atoms with Crippen molar-refractivity contribution in [3.05, 3.63) is 11.6 Å². The number of likely N-dealkylation sites (tertiary alicyclic amines) is 1. The quantitative estimate of drug-likeness (QED) is 0.568. The van der Waals surface area contributed by atoms with Crippen molar-refractivity contribution in [2.24, 2.45) is 0 Å². The molecule has 0 spiro atoms. The predicted molar refractivity (Wildman–Crippen MR) is 69.7 cm³/mol. The summed E-state index contributed by atoms with van der Waals surface area (Å²) in [5.74, 6) is 0. The molecule has 2 aliphatic rings. The number of piperidine rings is 1. The minimum absolute atomic E-state index is 0.784. The van der Waals surface area contributed by atoms with E-state index in [2.05, 4.69) is 23.3 Å². The van der Waals surface area contributed by atoms with E-state index < -0.39 is 0 Å². The minimum Gasteiger partial charge on any atom is -0.315 e. The Balaban J connectivity index is 1.56. The van der Waals surface area contributed by atoms with Gasteiger partial charge in [-0.05, 0) is 58.7 Å². The van der Waals surface area contributed by atoms with Gasteiger partial charge in [0, 0.05) is 12.6 Å². The summed E-state index contributed by atoms with van der Waals surface area (Å²) >= 11 is 0. The van der Waals surface area contributed by atoms with Crippen LogP contribution in [0.15, 0.2) is 11.6 Å². The number of hydrogen-bond donors (Lipinski definition) is 1. The molecule has 2 rings (SSSR count). The van der Waals surface area contributed by atoms with Gasteiger partial charge < -0.3 is 10.2 Å². The normalized spacial score (nSPS) is 27.1. The predicted octanol–water partition coefficient (Wildman–Crippen LogP) is 2.56. The lowest BCUT2D eigenvalue weighted by Crippen LogP contribution is -2.43. The van der Waals surface area contributed by atoms with Crippen LogP contribution in [0, 0.1) is 0 Å². The Kier molecular flexibility index (Phi) is 4.86. The molecule has 2 heteroatoms. The second-order valence-electron chi connectivity index (χ2n) is 5.34. The Labute approximate surface area is 100 Å². The van der Waals surface area contributed by atoms with Gasteiger partial charge in [-0.15, -0.1) is 0 Å². The van der Waals surface area contributed by atoms with Crippen LogP contribution in [-0.4, -0.2) is 37.6 Å². The highest BCUT2D eigenvalue weighted by Crippen LogP contribution is 2.20. The molecule has 0 aromatic heterocycles. The molecule has 0 aromatic rings. The Morgan fingerprint density at radius 1 is 1.38 bits per heavy atom. The molecule has 1 fully saturated rings. The molecule has 1 aliphatic carbocycles. The van der Waals surface area contributed by atoms with Gasteiger partial charge in [0.2, 0.25) is 0 Å². The van der Waals surface area contributed by atoms with Gasteiger partial charge in [0.05, 0.1) is 0 Å². The standard InChI is InChI=1S/C14H26N2/c1-16-11-5-4-8-14(16)12-15-10-9-13-6-2-3-7-13/h6,14-15H,2-5,7-12H2,1H3. The second-order valence-corrected chi connectivity index (χ2v) is 5.34. The first kappa shape index (κ1) is 12.1. The first-order chi connectivity index (χ1) is 7.86. The monoisotopic (exact) mass is 222 g/mol. The molecule has 1 aliphatic heterocycles. The first-order valence-electron chi connectivity index (χ1n) is 6.95. The largest absolute Gasteiger partial charge is 0.315 e. The third-order valence-electron chi connectivity index (χ3n) is 4.06. The summed E-state index contributed by atoms with van der Waals surface area (Å²) in [6.07, 6.45) is 12.0. The lowest BCUT2D eigenvalue weighted by atomic mass is 10.0. The van der Waals surface area contributed by atoms with E-state index in [-0.39, 0.29) is 0 Å². The van der Waals surface area contributed by atoms with E-state index >= 15 is 0 Å². The SMILES string of the molecule is CN1CCCCC1CNCCC1=CCCC1. The Bertz CT molecular complexity index is 235. The Morgan fingerprint density at radius 2 is 2.31 bits per heavy atom. The Hall–Kier alpha value is -0.340. The maximum atomic E-state index is 3.63. The molecule has 0 aromatic carbocycles. The van der Waals surface area contributed by atoms with Crippen LogP contribution in [0.25, 0.3) is 0 Å². The van der Waals surface area contributed by atoms with E-state index in [0.29, 0.717) is 0 Å². The summed E-state index contributed by atoms with van der Waals surface area (Å²) in [4.78, 5) is 2.52. The molecule has 1 atom stereocenters. The number of likely N-dealkylation sites (N-methyl/N-ethyl adjacent to an activating group) is 1. The van der Waals surface area contributed by atoms with E-state index in [4.69, 9.17) is 0 Å². The van der Waals surface area contributed by atoms with E-state index in [1.807, 2.05) is 0 Å². The molecular formula is C14H26N2. The summed E-state index contributed by atoms with van der Waals surface area (Å²) in [6, 6.07) is 0.784.